The molecule has 6 nitrogen and oxygen atoms in total. The van der Waals surface area contributed by atoms with Crippen LogP contribution in [0.5, 0.6) is 0 Å². The van der Waals surface area contributed by atoms with Crippen LogP contribution in [-0.2, 0) is 11.3 Å². The molecular formula is C15H30Cl3N5O. The molecule has 1 aliphatic heterocycles. The number of nitrogens with zero attached hydrogens (tertiary/aromatic N) is 4. The first-order valence-corrected chi connectivity index (χ1v) is 7.80. The molecule has 1 N–H and O–H groups in total. The van der Waals surface area contributed by atoms with Crippen molar-refractivity contribution in [3.8, 4) is 0 Å². The van der Waals surface area contributed by atoms with Crippen LogP contribution in [0.4, 0.5) is 0 Å². The molecule has 1 saturated heterocycles. The molecule has 2 rings (SSSR count). The molecule has 0 atom stereocenters. The molecule has 1 amide bonds. The van der Waals surface area contributed by atoms with Crippen molar-refractivity contribution in [2.24, 2.45) is 0 Å². The maximum atomic E-state index is 12.0. The van der Waals surface area contributed by atoms with Gasteiger partial charge >= 0.3 is 0 Å². The number of halogens is 3. The van der Waals surface area contributed by atoms with Crippen molar-refractivity contribution in [3.05, 3.63) is 18.5 Å². The van der Waals surface area contributed by atoms with Crippen LogP contribution < -0.4 is 5.32 Å². The van der Waals surface area contributed by atoms with Crippen LogP contribution in [0.1, 0.15) is 19.3 Å². The minimum atomic E-state index is 0. The summed E-state index contributed by atoms with van der Waals surface area (Å²) in [5.74, 6) is 0.249. The van der Waals surface area contributed by atoms with Gasteiger partial charge in [0.25, 0.3) is 0 Å². The average Bonchev–Trinajstić information content (AvgIpc) is 3.04. The Morgan fingerprint density at radius 2 is 1.92 bits per heavy atom. The van der Waals surface area contributed by atoms with E-state index in [0.29, 0.717) is 12.5 Å². The fraction of sp³-hybridized carbons (Fsp3) is 0.733. The minimum Gasteiger partial charge on any atom is -0.343 e. The van der Waals surface area contributed by atoms with E-state index < -0.39 is 0 Å². The summed E-state index contributed by atoms with van der Waals surface area (Å²) in [6.07, 6.45) is 6.55. The van der Waals surface area contributed by atoms with Gasteiger partial charge in [0.15, 0.2) is 0 Å². The third-order valence-corrected chi connectivity index (χ3v) is 4.29. The standard InChI is InChI=1S/C15H27N5O.3ClH/c1-16-8-4-15(21)18(2)14-5-10-19(11-6-14)12-13-20-9-3-7-17-20;;;/h3,7,9,14,16H,4-6,8,10-13H2,1-2H3;3*1H. The average molecular weight is 403 g/mol. The lowest BCUT2D eigenvalue weighted by atomic mass is 10.0. The van der Waals surface area contributed by atoms with E-state index >= 15 is 0 Å². The molecule has 0 saturated carbocycles. The molecule has 2 heterocycles. The summed E-state index contributed by atoms with van der Waals surface area (Å²) in [5.41, 5.74) is 0. The Morgan fingerprint density at radius 1 is 1.25 bits per heavy atom. The summed E-state index contributed by atoms with van der Waals surface area (Å²) < 4.78 is 1.97. The summed E-state index contributed by atoms with van der Waals surface area (Å²) >= 11 is 0. The Labute approximate surface area is 163 Å². The van der Waals surface area contributed by atoms with Gasteiger partial charge in [0.2, 0.25) is 5.91 Å². The van der Waals surface area contributed by atoms with Crippen molar-refractivity contribution < 1.29 is 4.79 Å². The van der Waals surface area contributed by atoms with E-state index in [0.717, 1.165) is 45.6 Å². The van der Waals surface area contributed by atoms with Crippen molar-refractivity contribution >= 4 is 43.1 Å². The number of aromatic nitrogens is 2. The van der Waals surface area contributed by atoms with Crippen LogP contribution in [0, 0.1) is 0 Å². The molecule has 142 valence electrons. The second kappa shape index (κ2) is 13.7. The van der Waals surface area contributed by atoms with E-state index in [4.69, 9.17) is 0 Å². The molecule has 24 heavy (non-hydrogen) atoms. The van der Waals surface area contributed by atoms with Gasteiger partial charge in [-0.05, 0) is 26.0 Å². The topological polar surface area (TPSA) is 53.4 Å². The second-order valence-corrected chi connectivity index (χ2v) is 5.70. The summed E-state index contributed by atoms with van der Waals surface area (Å²) in [6.45, 7) is 4.86. The van der Waals surface area contributed by atoms with E-state index in [-0.39, 0.29) is 43.1 Å². The van der Waals surface area contributed by atoms with E-state index in [2.05, 4.69) is 15.3 Å². The molecule has 0 spiro atoms. The lowest BCUT2D eigenvalue weighted by Crippen LogP contribution is -2.46. The molecule has 1 fully saturated rings. The molecule has 1 aromatic rings. The fourth-order valence-electron chi connectivity index (χ4n) is 2.82. The Morgan fingerprint density at radius 3 is 2.46 bits per heavy atom. The maximum absolute atomic E-state index is 12.0. The zero-order valence-corrected chi connectivity index (χ0v) is 16.8. The van der Waals surface area contributed by atoms with Gasteiger partial charge in [-0.25, -0.2) is 0 Å². The van der Waals surface area contributed by atoms with Gasteiger partial charge in [0.1, 0.15) is 0 Å². The van der Waals surface area contributed by atoms with Crippen molar-refractivity contribution in [2.75, 3.05) is 40.3 Å². The SMILES string of the molecule is CNCCC(=O)N(C)C1CCN(CCn2cccn2)CC1.Cl.Cl.Cl. The quantitative estimate of drug-likeness (QED) is 0.754. The maximum Gasteiger partial charge on any atom is 0.223 e. The number of carbonyl (C=O) groups is 1. The first-order valence-electron chi connectivity index (χ1n) is 7.80. The zero-order valence-electron chi connectivity index (χ0n) is 14.4. The second-order valence-electron chi connectivity index (χ2n) is 5.70. The monoisotopic (exact) mass is 401 g/mol. The third-order valence-electron chi connectivity index (χ3n) is 4.29. The van der Waals surface area contributed by atoms with Crippen LogP contribution >= 0.6 is 37.2 Å². The molecule has 0 unspecified atom stereocenters. The Bertz CT molecular complexity index is 425. The van der Waals surface area contributed by atoms with Crippen LogP contribution in [0.2, 0.25) is 0 Å². The smallest absolute Gasteiger partial charge is 0.223 e. The van der Waals surface area contributed by atoms with Gasteiger partial charge < -0.3 is 15.1 Å². The number of rotatable bonds is 7. The van der Waals surface area contributed by atoms with Crippen molar-refractivity contribution in [3.63, 3.8) is 0 Å². The predicted molar refractivity (Wildman–Crippen MR) is 105 cm³/mol. The molecule has 1 aliphatic rings. The van der Waals surface area contributed by atoms with Gasteiger partial charge in [-0.3, -0.25) is 9.48 Å². The third kappa shape index (κ3) is 8.03. The van der Waals surface area contributed by atoms with Crippen LogP contribution in [-0.4, -0.2) is 71.8 Å². The van der Waals surface area contributed by atoms with Crippen LogP contribution in [0.25, 0.3) is 0 Å². The minimum absolute atomic E-state index is 0. The van der Waals surface area contributed by atoms with Gasteiger partial charge in [0.05, 0.1) is 6.54 Å². The Balaban J connectivity index is 0. The molecule has 0 radical (unpaired) electrons. The lowest BCUT2D eigenvalue weighted by Gasteiger charge is -2.36. The van der Waals surface area contributed by atoms with Crippen molar-refractivity contribution in [2.45, 2.75) is 31.8 Å². The van der Waals surface area contributed by atoms with Gasteiger partial charge in [0, 0.05) is 58.1 Å². The van der Waals surface area contributed by atoms with Gasteiger partial charge in [-0.1, -0.05) is 0 Å². The number of amides is 1. The Hall–Kier alpha value is -0.530. The first-order chi connectivity index (χ1) is 10.2. The van der Waals surface area contributed by atoms with E-state index in [1.165, 1.54) is 0 Å². The highest BCUT2D eigenvalue weighted by Gasteiger charge is 2.24. The van der Waals surface area contributed by atoms with Gasteiger partial charge in [-0.2, -0.15) is 5.10 Å². The molecule has 0 aliphatic carbocycles. The number of hydrogen-bond acceptors (Lipinski definition) is 4. The number of piperidine rings is 1. The summed E-state index contributed by atoms with van der Waals surface area (Å²) in [7, 11) is 3.83. The molecule has 1 aromatic heterocycles. The lowest BCUT2D eigenvalue weighted by molar-refractivity contribution is -0.132. The highest BCUT2D eigenvalue weighted by atomic mass is 35.5. The summed E-state index contributed by atoms with van der Waals surface area (Å²) in [4.78, 5) is 16.4. The number of nitrogens with one attached hydrogen (secondary N) is 1. The van der Waals surface area contributed by atoms with Crippen molar-refractivity contribution in [1.29, 1.82) is 0 Å². The molecular weight excluding hydrogens is 373 g/mol. The predicted octanol–water partition coefficient (Wildman–Crippen LogP) is 1.68. The van der Waals surface area contributed by atoms with E-state index in [1.54, 1.807) is 0 Å². The van der Waals surface area contributed by atoms with Gasteiger partial charge in [-0.15, -0.1) is 37.2 Å². The highest BCUT2D eigenvalue weighted by Crippen LogP contribution is 2.16. The van der Waals surface area contributed by atoms with E-state index in [1.807, 2.05) is 42.1 Å². The first kappa shape index (κ1) is 25.7. The number of hydrogen-bond donors (Lipinski definition) is 1. The molecule has 9 heteroatoms. The zero-order chi connectivity index (χ0) is 15.1. The number of likely N-dealkylation sites (tertiary alicyclic amines) is 1. The number of carbonyl (C=O) groups excluding carboxylic acids is 1. The highest BCUT2D eigenvalue weighted by molar-refractivity contribution is 5.86. The Kier molecular flexibility index (Phi) is 14.7. The van der Waals surface area contributed by atoms with Crippen LogP contribution in [0.3, 0.4) is 0 Å². The summed E-state index contributed by atoms with van der Waals surface area (Å²) in [6, 6.07) is 2.35. The van der Waals surface area contributed by atoms with Crippen molar-refractivity contribution in [1.82, 2.24) is 24.9 Å². The molecule has 0 bridgehead atoms. The normalized spacial score (nSPS) is 14.9. The fourth-order valence-corrected chi connectivity index (χ4v) is 2.82. The largest absolute Gasteiger partial charge is 0.343 e. The molecule has 0 aromatic carbocycles. The summed E-state index contributed by atoms with van der Waals surface area (Å²) in [5, 5.41) is 7.26. The van der Waals surface area contributed by atoms with E-state index in [9.17, 15) is 4.79 Å². The van der Waals surface area contributed by atoms with Crippen LogP contribution in [0.15, 0.2) is 18.5 Å².